The summed E-state index contributed by atoms with van der Waals surface area (Å²) in [7, 11) is -1.54. The summed E-state index contributed by atoms with van der Waals surface area (Å²) >= 11 is 0. The Morgan fingerprint density at radius 1 is 1.14 bits per heavy atom. The zero-order chi connectivity index (χ0) is 10.2. The average Bonchev–Trinajstić information content (AvgIpc) is 2.53. The molecule has 2 aliphatic rings. The van der Waals surface area contributed by atoms with Crippen molar-refractivity contribution in [3.8, 4) is 0 Å². The van der Waals surface area contributed by atoms with E-state index in [1.807, 2.05) is 0 Å². The van der Waals surface area contributed by atoms with Gasteiger partial charge in [-0.3, -0.25) is 0 Å². The van der Waals surface area contributed by atoms with Gasteiger partial charge in [-0.15, -0.1) is 0 Å². The van der Waals surface area contributed by atoms with Gasteiger partial charge in [0, 0.05) is 33.3 Å². The third kappa shape index (κ3) is 1.67. The van der Waals surface area contributed by atoms with Crippen molar-refractivity contribution in [1.29, 1.82) is 0 Å². The van der Waals surface area contributed by atoms with Gasteiger partial charge < -0.3 is 4.74 Å². The van der Waals surface area contributed by atoms with E-state index >= 15 is 0 Å². The van der Waals surface area contributed by atoms with Crippen molar-refractivity contribution in [2.75, 3.05) is 33.3 Å². The van der Waals surface area contributed by atoms with Crippen LogP contribution >= 0.6 is 0 Å². The summed E-state index contributed by atoms with van der Waals surface area (Å²) in [5.74, 6) is 0. The lowest BCUT2D eigenvalue weighted by Gasteiger charge is -2.38. The van der Waals surface area contributed by atoms with E-state index in [9.17, 15) is 8.42 Å². The largest absolute Gasteiger partial charge is 0.379 e. The van der Waals surface area contributed by atoms with E-state index in [1.54, 1.807) is 11.4 Å². The minimum atomic E-state index is -3.16. The minimum Gasteiger partial charge on any atom is -0.379 e. The Hall–Kier alpha value is -0.170. The lowest BCUT2D eigenvalue weighted by Crippen LogP contribution is -2.57. The van der Waals surface area contributed by atoms with Gasteiger partial charge >= 0.3 is 0 Å². The molecule has 2 rings (SSSR count). The zero-order valence-corrected chi connectivity index (χ0v) is 9.16. The smallest absolute Gasteiger partial charge is 0.282 e. The van der Waals surface area contributed by atoms with Gasteiger partial charge in [-0.2, -0.15) is 17.0 Å². The number of methoxy groups -OCH3 is 1. The van der Waals surface area contributed by atoms with Crippen LogP contribution in [0.4, 0.5) is 0 Å². The molecule has 2 fully saturated rings. The van der Waals surface area contributed by atoms with Crippen LogP contribution in [0.25, 0.3) is 0 Å². The fraction of sp³-hybridized carbons (Fsp3) is 1.00. The Morgan fingerprint density at radius 3 is 2.21 bits per heavy atom. The lowest BCUT2D eigenvalue weighted by atomic mass is 10.2. The summed E-state index contributed by atoms with van der Waals surface area (Å²) in [6, 6.07) is 0. The number of hydrogen-bond acceptors (Lipinski definition) is 3. The molecule has 0 radical (unpaired) electrons. The second-order valence-corrected chi connectivity index (χ2v) is 5.72. The molecule has 0 saturated carbocycles. The van der Waals surface area contributed by atoms with Crippen LogP contribution in [0.5, 0.6) is 0 Å². The normalized spacial score (nSPS) is 26.6. The first-order valence-electron chi connectivity index (χ1n) is 4.92. The van der Waals surface area contributed by atoms with Crippen LogP contribution in [0, 0.1) is 0 Å². The average molecular weight is 220 g/mol. The molecule has 0 aromatic carbocycles. The van der Waals surface area contributed by atoms with E-state index in [0.29, 0.717) is 26.2 Å². The fourth-order valence-electron chi connectivity index (χ4n) is 1.82. The van der Waals surface area contributed by atoms with Crippen LogP contribution in [0.2, 0.25) is 0 Å². The van der Waals surface area contributed by atoms with Crippen LogP contribution in [0.1, 0.15) is 12.8 Å². The molecule has 0 spiro atoms. The third-order valence-electron chi connectivity index (χ3n) is 2.87. The van der Waals surface area contributed by atoms with Crippen molar-refractivity contribution >= 4 is 10.2 Å². The van der Waals surface area contributed by atoms with Gasteiger partial charge in [-0.05, 0) is 12.8 Å². The summed E-state index contributed by atoms with van der Waals surface area (Å²) in [6.07, 6.45) is 2.06. The van der Waals surface area contributed by atoms with Crippen LogP contribution in [-0.4, -0.2) is 56.4 Å². The predicted octanol–water partition coefficient (Wildman–Crippen LogP) is -0.342. The van der Waals surface area contributed by atoms with E-state index in [2.05, 4.69) is 0 Å². The molecular formula is C8H16N2O3S. The summed E-state index contributed by atoms with van der Waals surface area (Å²) < 4.78 is 31.9. The van der Waals surface area contributed by atoms with Crippen LogP contribution in [-0.2, 0) is 14.9 Å². The SMILES string of the molecule is COC1CN(S(=O)(=O)N2CCCC2)C1. The highest BCUT2D eigenvalue weighted by Crippen LogP contribution is 2.22. The quantitative estimate of drug-likeness (QED) is 0.653. The number of rotatable bonds is 3. The molecule has 6 heteroatoms. The van der Waals surface area contributed by atoms with Gasteiger partial charge in [0.2, 0.25) is 0 Å². The molecule has 0 aliphatic carbocycles. The Labute approximate surface area is 84.8 Å². The van der Waals surface area contributed by atoms with E-state index in [-0.39, 0.29) is 6.10 Å². The first-order valence-corrected chi connectivity index (χ1v) is 6.32. The van der Waals surface area contributed by atoms with Crippen molar-refractivity contribution in [3.63, 3.8) is 0 Å². The van der Waals surface area contributed by atoms with Crippen LogP contribution < -0.4 is 0 Å². The van der Waals surface area contributed by atoms with Crippen molar-refractivity contribution < 1.29 is 13.2 Å². The molecule has 14 heavy (non-hydrogen) atoms. The maximum atomic E-state index is 11.9. The van der Waals surface area contributed by atoms with Gasteiger partial charge in [0.1, 0.15) is 0 Å². The monoisotopic (exact) mass is 220 g/mol. The molecule has 0 bridgehead atoms. The Morgan fingerprint density at radius 2 is 1.71 bits per heavy atom. The van der Waals surface area contributed by atoms with E-state index in [0.717, 1.165) is 12.8 Å². The highest BCUT2D eigenvalue weighted by Gasteiger charge is 2.40. The molecule has 2 aliphatic heterocycles. The van der Waals surface area contributed by atoms with Gasteiger partial charge in [0.15, 0.2) is 0 Å². The van der Waals surface area contributed by atoms with Crippen LogP contribution in [0.3, 0.4) is 0 Å². The van der Waals surface area contributed by atoms with Crippen molar-refractivity contribution in [2.45, 2.75) is 18.9 Å². The first-order chi connectivity index (χ1) is 6.64. The molecule has 0 N–H and O–H groups in total. The predicted molar refractivity (Wildman–Crippen MR) is 52.1 cm³/mol. The summed E-state index contributed by atoms with van der Waals surface area (Å²) in [4.78, 5) is 0. The second kappa shape index (κ2) is 3.77. The van der Waals surface area contributed by atoms with Gasteiger partial charge in [-0.25, -0.2) is 0 Å². The third-order valence-corrected chi connectivity index (χ3v) is 4.83. The van der Waals surface area contributed by atoms with E-state index < -0.39 is 10.2 Å². The zero-order valence-electron chi connectivity index (χ0n) is 8.35. The second-order valence-electron chi connectivity index (χ2n) is 3.79. The standard InChI is InChI=1S/C8H16N2O3S/c1-13-8-6-10(7-8)14(11,12)9-4-2-3-5-9/h8H,2-7H2,1H3. The topological polar surface area (TPSA) is 49.9 Å². The van der Waals surface area contributed by atoms with Gasteiger partial charge in [0.25, 0.3) is 10.2 Å². The first kappa shape index (κ1) is 10.4. The molecule has 0 atom stereocenters. The molecule has 0 unspecified atom stereocenters. The van der Waals surface area contributed by atoms with Crippen molar-refractivity contribution in [2.24, 2.45) is 0 Å². The number of hydrogen-bond donors (Lipinski definition) is 0. The maximum absolute atomic E-state index is 11.9. The molecule has 5 nitrogen and oxygen atoms in total. The van der Waals surface area contributed by atoms with Crippen molar-refractivity contribution in [1.82, 2.24) is 8.61 Å². The Bertz CT molecular complexity index is 292. The van der Waals surface area contributed by atoms with E-state index in [1.165, 1.54) is 4.31 Å². The molecular weight excluding hydrogens is 204 g/mol. The molecule has 0 aromatic heterocycles. The molecule has 0 aromatic rings. The minimum absolute atomic E-state index is 0.0902. The maximum Gasteiger partial charge on any atom is 0.282 e. The molecule has 0 amide bonds. The van der Waals surface area contributed by atoms with E-state index in [4.69, 9.17) is 4.74 Å². The summed E-state index contributed by atoms with van der Waals surface area (Å²) in [5, 5.41) is 0. The Balaban J connectivity index is 1.96. The molecule has 2 saturated heterocycles. The molecule has 2 heterocycles. The Kier molecular flexibility index (Phi) is 2.79. The van der Waals surface area contributed by atoms with Gasteiger partial charge in [0.05, 0.1) is 6.10 Å². The van der Waals surface area contributed by atoms with Gasteiger partial charge in [-0.1, -0.05) is 0 Å². The highest BCUT2D eigenvalue weighted by molar-refractivity contribution is 7.86. The summed E-state index contributed by atoms with van der Waals surface area (Å²) in [5.41, 5.74) is 0. The number of nitrogens with zero attached hydrogens (tertiary/aromatic N) is 2. The number of ether oxygens (including phenoxy) is 1. The van der Waals surface area contributed by atoms with Crippen LogP contribution in [0.15, 0.2) is 0 Å². The highest BCUT2D eigenvalue weighted by atomic mass is 32.2. The van der Waals surface area contributed by atoms with Crippen molar-refractivity contribution in [3.05, 3.63) is 0 Å². The molecule has 82 valence electrons. The summed E-state index contributed by atoms with van der Waals surface area (Å²) in [6.45, 7) is 2.37. The lowest BCUT2D eigenvalue weighted by molar-refractivity contribution is 0.00997. The fourth-order valence-corrected chi connectivity index (χ4v) is 3.58.